The van der Waals surface area contributed by atoms with Gasteiger partial charge >= 0.3 is 12.0 Å². The number of aromatic nitrogens is 2. The van der Waals surface area contributed by atoms with Crippen LogP contribution in [0, 0.1) is 0 Å². The smallest absolute Gasteiger partial charge is 0.325 e. The first kappa shape index (κ1) is 23.0. The van der Waals surface area contributed by atoms with Crippen molar-refractivity contribution in [3.05, 3.63) is 70.3 Å². The van der Waals surface area contributed by atoms with Crippen LogP contribution >= 0.6 is 0 Å². The zero-order valence-corrected chi connectivity index (χ0v) is 18.8. The molecule has 0 aliphatic carbocycles. The van der Waals surface area contributed by atoms with Gasteiger partial charge in [0.1, 0.15) is 12.4 Å². The second-order valence-corrected chi connectivity index (χ2v) is 7.36. The molecule has 1 heterocycles. The van der Waals surface area contributed by atoms with Gasteiger partial charge in [-0.1, -0.05) is 37.3 Å². The van der Waals surface area contributed by atoms with Gasteiger partial charge in [0.15, 0.2) is 0 Å². The highest BCUT2D eigenvalue weighted by Crippen LogP contribution is 2.23. The van der Waals surface area contributed by atoms with E-state index in [9.17, 15) is 14.4 Å². The summed E-state index contributed by atoms with van der Waals surface area (Å²) in [6.07, 6.45) is 0.735. The van der Waals surface area contributed by atoms with E-state index < -0.39 is 18.0 Å². The highest BCUT2D eigenvalue weighted by atomic mass is 16.5. The molecular formula is C24H28N4O4. The van der Waals surface area contributed by atoms with Crippen LogP contribution in [0.5, 0.6) is 0 Å². The molecule has 3 aromatic rings. The lowest BCUT2D eigenvalue weighted by atomic mass is 10.1. The number of rotatable bonds is 7. The Morgan fingerprint density at radius 3 is 2.53 bits per heavy atom. The minimum atomic E-state index is -0.556. The third-order valence-electron chi connectivity index (χ3n) is 5.38. The molecule has 8 heteroatoms. The van der Waals surface area contributed by atoms with E-state index in [2.05, 4.69) is 5.32 Å². The Morgan fingerprint density at radius 1 is 1.12 bits per heavy atom. The van der Waals surface area contributed by atoms with Crippen LogP contribution < -0.4 is 10.9 Å². The summed E-state index contributed by atoms with van der Waals surface area (Å²) in [5.74, 6) is -0.0806. The van der Waals surface area contributed by atoms with Crippen molar-refractivity contribution in [3.8, 4) is 5.69 Å². The van der Waals surface area contributed by atoms with Crippen LogP contribution in [0.4, 0.5) is 4.79 Å². The van der Waals surface area contributed by atoms with Crippen LogP contribution in [-0.4, -0.2) is 46.7 Å². The number of benzene rings is 2. The van der Waals surface area contributed by atoms with Crippen LogP contribution in [0.1, 0.15) is 38.2 Å². The number of para-hydroxylation sites is 2. The van der Waals surface area contributed by atoms with Crippen molar-refractivity contribution in [3.63, 3.8) is 0 Å². The Labute approximate surface area is 186 Å². The van der Waals surface area contributed by atoms with E-state index in [1.165, 1.54) is 4.90 Å². The molecule has 1 aromatic heterocycles. The summed E-state index contributed by atoms with van der Waals surface area (Å²) < 4.78 is 6.44. The molecule has 0 saturated carbocycles. The van der Waals surface area contributed by atoms with Gasteiger partial charge in [0.25, 0.3) is 5.56 Å². The van der Waals surface area contributed by atoms with Crippen molar-refractivity contribution in [1.29, 1.82) is 0 Å². The second kappa shape index (κ2) is 10.1. The molecule has 0 saturated heterocycles. The van der Waals surface area contributed by atoms with Crippen LogP contribution in [-0.2, 0) is 16.0 Å². The van der Waals surface area contributed by atoms with E-state index in [1.807, 2.05) is 37.3 Å². The van der Waals surface area contributed by atoms with Crippen LogP contribution in [0.15, 0.2) is 53.3 Å². The fraction of sp³-hybridized carbons (Fsp3) is 0.333. The number of urea groups is 1. The number of fused-ring (bicyclic) bond motifs is 1. The van der Waals surface area contributed by atoms with E-state index >= 15 is 0 Å². The van der Waals surface area contributed by atoms with Crippen LogP contribution in [0.3, 0.4) is 0 Å². The molecule has 1 atom stereocenters. The molecule has 0 aliphatic rings. The zero-order valence-electron chi connectivity index (χ0n) is 18.8. The van der Waals surface area contributed by atoms with Gasteiger partial charge in [-0.15, -0.1) is 0 Å². The van der Waals surface area contributed by atoms with E-state index in [0.29, 0.717) is 16.7 Å². The number of nitrogens with zero attached hydrogens (tertiary/aromatic N) is 3. The van der Waals surface area contributed by atoms with E-state index in [0.717, 1.165) is 17.7 Å². The molecule has 0 aliphatic heterocycles. The average molecular weight is 437 g/mol. The summed E-state index contributed by atoms with van der Waals surface area (Å²) in [6.45, 7) is 5.53. The van der Waals surface area contributed by atoms with E-state index in [1.54, 1.807) is 43.7 Å². The summed E-state index contributed by atoms with van der Waals surface area (Å²) in [6, 6.07) is 13.8. The summed E-state index contributed by atoms with van der Waals surface area (Å²) >= 11 is 0. The molecule has 1 unspecified atom stereocenters. The summed E-state index contributed by atoms with van der Waals surface area (Å²) in [5.41, 5.74) is 2.10. The Morgan fingerprint density at radius 2 is 1.81 bits per heavy atom. The predicted octanol–water partition coefficient (Wildman–Crippen LogP) is 3.21. The molecule has 0 spiro atoms. The molecule has 0 bridgehead atoms. The van der Waals surface area contributed by atoms with Crippen molar-refractivity contribution < 1.29 is 14.3 Å². The number of hydrogen-bond donors (Lipinski definition) is 1. The van der Waals surface area contributed by atoms with Gasteiger partial charge in [0.2, 0.25) is 0 Å². The number of carbonyl (C=O) groups excluding carboxylic acids is 2. The van der Waals surface area contributed by atoms with Gasteiger partial charge in [-0.2, -0.15) is 0 Å². The van der Waals surface area contributed by atoms with E-state index in [4.69, 9.17) is 9.72 Å². The fourth-order valence-electron chi connectivity index (χ4n) is 3.52. The molecule has 2 amide bonds. The minimum Gasteiger partial charge on any atom is -0.465 e. The Balaban J connectivity index is 2.07. The maximum absolute atomic E-state index is 13.5. The van der Waals surface area contributed by atoms with Gasteiger partial charge in [-0.25, -0.2) is 9.78 Å². The standard InChI is InChI=1S/C24H28N4O4/c1-5-17-11-7-10-14-20(17)28-22(26-19-13-9-8-12-18(19)23(28)30)16(3)27(4)24(31)25-15-21(29)32-6-2/h7-14,16H,5-6,15H2,1-4H3,(H,25,31). The second-order valence-electron chi connectivity index (χ2n) is 7.36. The molecule has 0 fully saturated rings. The topological polar surface area (TPSA) is 93.5 Å². The van der Waals surface area contributed by atoms with Gasteiger partial charge in [0, 0.05) is 7.05 Å². The van der Waals surface area contributed by atoms with Gasteiger partial charge in [-0.3, -0.25) is 14.2 Å². The number of ether oxygens (including phenoxy) is 1. The first-order valence-electron chi connectivity index (χ1n) is 10.6. The maximum Gasteiger partial charge on any atom is 0.325 e. The number of carbonyl (C=O) groups is 2. The van der Waals surface area contributed by atoms with Crippen molar-refractivity contribution in [2.24, 2.45) is 0 Å². The first-order valence-corrected chi connectivity index (χ1v) is 10.6. The first-order chi connectivity index (χ1) is 15.4. The third-order valence-corrected chi connectivity index (χ3v) is 5.38. The Bertz CT molecular complexity index is 1190. The molecule has 3 rings (SSSR count). The van der Waals surface area contributed by atoms with Crippen molar-refractivity contribution in [2.75, 3.05) is 20.2 Å². The number of amides is 2. The average Bonchev–Trinajstić information content (AvgIpc) is 2.81. The SMILES string of the molecule is CCOC(=O)CNC(=O)N(C)C(C)c1nc2ccccc2c(=O)n1-c1ccccc1CC. The highest BCUT2D eigenvalue weighted by Gasteiger charge is 2.25. The number of hydrogen-bond acceptors (Lipinski definition) is 5. The Kier molecular flexibility index (Phi) is 7.25. The summed E-state index contributed by atoms with van der Waals surface area (Å²) in [7, 11) is 1.60. The lowest BCUT2D eigenvalue weighted by Crippen LogP contribution is -2.42. The lowest BCUT2D eigenvalue weighted by Gasteiger charge is -2.27. The maximum atomic E-state index is 13.5. The number of aryl methyl sites for hydroxylation is 1. The van der Waals surface area contributed by atoms with Gasteiger partial charge in [-0.05, 0) is 44.0 Å². The molecule has 8 nitrogen and oxygen atoms in total. The van der Waals surface area contributed by atoms with Crippen LogP contribution in [0.2, 0.25) is 0 Å². The lowest BCUT2D eigenvalue weighted by molar-refractivity contribution is -0.141. The molecule has 32 heavy (non-hydrogen) atoms. The Hall–Kier alpha value is -3.68. The third kappa shape index (κ3) is 4.64. The zero-order chi connectivity index (χ0) is 23.3. The van der Waals surface area contributed by atoms with Gasteiger partial charge in [0.05, 0.1) is 29.2 Å². The number of nitrogens with one attached hydrogen (secondary N) is 1. The molecule has 1 N–H and O–H groups in total. The van der Waals surface area contributed by atoms with Crippen molar-refractivity contribution in [1.82, 2.24) is 19.8 Å². The molecule has 168 valence electrons. The summed E-state index contributed by atoms with van der Waals surface area (Å²) in [4.78, 5) is 44.0. The summed E-state index contributed by atoms with van der Waals surface area (Å²) in [5, 5.41) is 3.05. The highest BCUT2D eigenvalue weighted by molar-refractivity contribution is 5.81. The van der Waals surface area contributed by atoms with Gasteiger partial charge < -0.3 is 15.0 Å². The quantitative estimate of drug-likeness (QED) is 0.574. The van der Waals surface area contributed by atoms with E-state index in [-0.39, 0.29) is 18.7 Å². The normalized spacial score (nSPS) is 11.8. The van der Waals surface area contributed by atoms with Crippen LogP contribution in [0.25, 0.3) is 16.6 Å². The predicted molar refractivity (Wildman–Crippen MR) is 123 cm³/mol. The molecule has 0 radical (unpaired) electrons. The largest absolute Gasteiger partial charge is 0.465 e. The van der Waals surface area contributed by atoms with Crippen molar-refractivity contribution >= 4 is 22.9 Å². The minimum absolute atomic E-state index is 0.196. The van der Waals surface area contributed by atoms with Crippen molar-refractivity contribution in [2.45, 2.75) is 33.2 Å². The molecule has 2 aromatic carbocycles. The number of esters is 1. The fourth-order valence-corrected chi connectivity index (χ4v) is 3.52. The molecular weight excluding hydrogens is 408 g/mol. The monoisotopic (exact) mass is 436 g/mol.